The van der Waals surface area contributed by atoms with Gasteiger partial charge in [0.1, 0.15) is 23.8 Å². The van der Waals surface area contributed by atoms with Gasteiger partial charge in [0, 0.05) is 26.2 Å². The molecular formula is C24H18BrClN4O3. The number of benzene rings is 3. The predicted octanol–water partition coefficient (Wildman–Crippen LogP) is 5.54. The molecule has 0 saturated carbocycles. The van der Waals surface area contributed by atoms with Crippen LogP contribution < -0.4 is 10.2 Å². The van der Waals surface area contributed by atoms with E-state index >= 15 is 0 Å². The third-order valence-corrected chi connectivity index (χ3v) is 5.55. The highest BCUT2D eigenvalue weighted by atomic mass is 79.9. The number of hydrogen-bond acceptors (Lipinski definition) is 5. The zero-order valence-electron chi connectivity index (χ0n) is 17.1. The first-order valence-electron chi connectivity index (χ1n) is 9.83. The van der Waals surface area contributed by atoms with Gasteiger partial charge in [-0.1, -0.05) is 45.7 Å². The molecule has 166 valence electrons. The van der Waals surface area contributed by atoms with E-state index in [1.165, 1.54) is 12.3 Å². The Morgan fingerprint density at radius 1 is 1.15 bits per heavy atom. The van der Waals surface area contributed by atoms with Crippen molar-refractivity contribution in [3.63, 3.8) is 0 Å². The van der Waals surface area contributed by atoms with Crippen molar-refractivity contribution in [3.8, 4) is 22.8 Å². The van der Waals surface area contributed by atoms with E-state index < -0.39 is 5.91 Å². The van der Waals surface area contributed by atoms with E-state index in [0.717, 1.165) is 15.6 Å². The van der Waals surface area contributed by atoms with Crippen LogP contribution in [-0.4, -0.2) is 27.4 Å². The zero-order chi connectivity index (χ0) is 23.2. The molecule has 4 aromatic rings. The maximum Gasteiger partial charge on any atom is 0.289 e. The second kappa shape index (κ2) is 10.3. The molecule has 0 unspecified atom stereocenters. The fourth-order valence-corrected chi connectivity index (χ4v) is 3.50. The number of aromatic amines is 1. The molecule has 9 heteroatoms. The molecule has 1 amide bonds. The summed E-state index contributed by atoms with van der Waals surface area (Å²) in [7, 11) is 0. The van der Waals surface area contributed by atoms with Crippen molar-refractivity contribution >= 4 is 39.7 Å². The fourth-order valence-electron chi connectivity index (χ4n) is 2.93. The quantitative estimate of drug-likeness (QED) is 0.218. The van der Waals surface area contributed by atoms with Crippen LogP contribution in [0.3, 0.4) is 0 Å². The molecule has 0 fully saturated rings. The molecule has 7 nitrogen and oxygen atoms in total. The van der Waals surface area contributed by atoms with Crippen LogP contribution in [0.25, 0.3) is 11.3 Å². The number of rotatable bonds is 7. The van der Waals surface area contributed by atoms with Crippen molar-refractivity contribution in [1.82, 2.24) is 15.6 Å². The fraction of sp³-hybridized carbons (Fsp3) is 0.0417. The highest BCUT2D eigenvalue weighted by molar-refractivity contribution is 9.10. The summed E-state index contributed by atoms with van der Waals surface area (Å²) >= 11 is 9.47. The summed E-state index contributed by atoms with van der Waals surface area (Å²) in [6.07, 6.45) is 1.36. The van der Waals surface area contributed by atoms with Gasteiger partial charge in [-0.15, -0.1) is 0 Å². The Morgan fingerprint density at radius 3 is 2.73 bits per heavy atom. The Morgan fingerprint density at radius 2 is 1.94 bits per heavy atom. The minimum atomic E-state index is -0.459. The van der Waals surface area contributed by atoms with Crippen LogP contribution >= 0.6 is 27.5 Å². The van der Waals surface area contributed by atoms with Crippen molar-refractivity contribution in [3.05, 3.63) is 99.1 Å². The summed E-state index contributed by atoms with van der Waals surface area (Å²) in [6, 6.07) is 21.4. The number of aromatic nitrogens is 2. The van der Waals surface area contributed by atoms with E-state index in [1.54, 1.807) is 18.2 Å². The lowest BCUT2D eigenvalue weighted by Crippen LogP contribution is -2.18. The number of nitrogens with one attached hydrogen (secondary N) is 2. The number of phenols is 1. The van der Waals surface area contributed by atoms with Gasteiger partial charge in [0.05, 0.1) is 11.9 Å². The molecule has 0 saturated heterocycles. The molecule has 0 radical (unpaired) electrons. The number of ether oxygens (including phenoxy) is 1. The maximum atomic E-state index is 12.3. The third kappa shape index (κ3) is 5.79. The number of hydrazone groups is 1. The standard InChI is InChI=1S/C24H18BrClN4O3/c25-18-7-10-23(31)17(11-18)13-27-30-24(32)22-12-21(28-29-22)15-5-8-19(9-6-15)33-14-16-3-1-2-4-20(16)26/h1-13,31H,14H2,(H,28,29)(H,30,32)/b27-13+. The monoisotopic (exact) mass is 524 g/mol. The van der Waals surface area contributed by atoms with E-state index in [1.807, 2.05) is 48.5 Å². The molecule has 3 N–H and O–H groups in total. The Bertz CT molecular complexity index is 1310. The van der Waals surface area contributed by atoms with E-state index in [4.69, 9.17) is 16.3 Å². The van der Waals surface area contributed by atoms with Crippen LogP contribution in [0.4, 0.5) is 0 Å². The van der Waals surface area contributed by atoms with Crippen molar-refractivity contribution in [2.24, 2.45) is 5.10 Å². The van der Waals surface area contributed by atoms with Crippen LogP contribution in [0.2, 0.25) is 5.02 Å². The molecule has 0 atom stereocenters. The number of H-pyrrole nitrogens is 1. The zero-order valence-corrected chi connectivity index (χ0v) is 19.5. The van der Waals surface area contributed by atoms with Gasteiger partial charge in [0.25, 0.3) is 5.91 Å². The summed E-state index contributed by atoms with van der Waals surface area (Å²) < 4.78 is 6.57. The second-order valence-corrected chi connectivity index (χ2v) is 8.30. The van der Waals surface area contributed by atoms with Gasteiger partial charge < -0.3 is 9.84 Å². The molecule has 0 bridgehead atoms. The minimum absolute atomic E-state index is 0.0549. The van der Waals surface area contributed by atoms with Crippen molar-refractivity contribution in [2.45, 2.75) is 6.61 Å². The first-order valence-corrected chi connectivity index (χ1v) is 11.0. The Labute approximate surface area is 203 Å². The summed E-state index contributed by atoms with van der Waals surface area (Å²) in [5.74, 6) is 0.288. The van der Waals surface area contributed by atoms with Crippen LogP contribution in [0, 0.1) is 0 Å². The molecule has 33 heavy (non-hydrogen) atoms. The van der Waals surface area contributed by atoms with E-state index in [2.05, 4.69) is 36.7 Å². The van der Waals surface area contributed by atoms with E-state index in [0.29, 0.717) is 28.6 Å². The maximum absolute atomic E-state index is 12.3. The summed E-state index contributed by atoms with van der Waals surface area (Å²) in [4.78, 5) is 12.3. The SMILES string of the molecule is O=C(N/N=C/c1cc(Br)ccc1O)c1cc(-c2ccc(OCc3ccccc3Cl)cc2)n[nH]1. The normalized spacial score (nSPS) is 11.0. The Kier molecular flexibility index (Phi) is 7.07. The largest absolute Gasteiger partial charge is 0.507 e. The Hall–Kier alpha value is -3.62. The first-order chi connectivity index (χ1) is 16.0. The number of aromatic hydroxyl groups is 1. The average molecular weight is 526 g/mol. The highest BCUT2D eigenvalue weighted by Gasteiger charge is 2.11. The molecule has 1 aromatic heterocycles. The van der Waals surface area contributed by atoms with Crippen LogP contribution in [0.15, 0.2) is 82.4 Å². The number of phenolic OH excluding ortho intramolecular Hbond substituents is 1. The van der Waals surface area contributed by atoms with Gasteiger partial charge >= 0.3 is 0 Å². The molecule has 0 spiro atoms. The minimum Gasteiger partial charge on any atom is -0.507 e. The lowest BCUT2D eigenvalue weighted by atomic mass is 10.1. The molecule has 3 aromatic carbocycles. The number of nitrogens with zero attached hydrogens (tertiary/aromatic N) is 2. The number of amides is 1. The Balaban J connectivity index is 1.36. The molecule has 0 aliphatic heterocycles. The summed E-state index contributed by atoms with van der Waals surface area (Å²) in [5, 5.41) is 21.3. The topological polar surface area (TPSA) is 99.6 Å². The molecule has 0 aliphatic carbocycles. The van der Waals surface area contributed by atoms with E-state index in [9.17, 15) is 9.90 Å². The molecular weight excluding hydrogens is 508 g/mol. The molecule has 0 aliphatic rings. The van der Waals surface area contributed by atoms with Crippen molar-refractivity contribution in [1.29, 1.82) is 0 Å². The molecule has 1 heterocycles. The second-order valence-electron chi connectivity index (χ2n) is 6.97. The van der Waals surface area contributed by atoms with Crippen molar-refractivity contribution < 1.29 is 14.6 Å². The van der Waals surface area contributed by atoms with Crippen LogP contribution in [-0.2, 0) is 6.61 Å². The number of carbonyl (C=O) groups is 1. The number of carbonyl (C=O) groups excluding carboxylic acids is 1. The van der Waals surface area contributed by atoms with Gasteiger partial charge in [0.2, 0.25) is 0 Å². The van der Waals surface area contributed by atoms with Crippen LogP contribution in [0.1, 0.15) is 21.6 Å². The summed E-state index contributed by atoms with van der Waals surface area (Å²) in [5.41, 5.74) is 5.45. The van der Waals surface area contributed by atoms with Gasteiger partial charge in [-0.2, -0.15) is 10.2 Å². The van der Waals surface area contributed by atoms with Gasteiger partial charge in [-0.3, -0.25) is 9.89 Å². The predicted molar refractivity (Wildman–Crippen MR) is 131 cm³/mol. The smallest absolute Gasteiger partial charge is 0.289 e. The molecule has 4 rings (SSSR count). The lowest BCUT2D eigenvalue weighted by Gasteiger charge is -2.08. The van der Waals surface area contributed by atoms with E-state index in [-0.39, 0.29) is 11.4 Å². The highest BCUT2D eigenvalue weighted by Crippen LogP contribution is 2.23. The van der Waals surface area contributed by atoms with Gasteiger partial charge in [-0.25, -0.2) is 5.43 Å². The third-order valence-electron chi connectivity index (χ3n) is 4.68. The summed E-state index contributed by atoms with van der Waals surface area (Å²) in [6.45, 7) is 0.365. The van der Waals surface area contributed by atoms with Gasteiger partial charge in [-0.05, 0) is 54.6 Å². The number of halogens is 2. The average Bonchev–Trinajstić information content (AvgIpc) is 3.32. The van der Waals surface area contributed by atoms with Gasteiger partial charge in [0.15, 0.2) is 0 Å². The van der Waals surface area contributed by atoms with Crippen LogP contribution in [0.5, 0.6) is 11.5 Å². The number of hydrogen-bond donors (Lipinski definition) is 3. The van der Waals surface area contributed by atoms with Crippen molar-refractivity contribution in [2.75, 3.05) is 0 Å². The first kappa shape index (κ1) is 22.6. The lowest BCUT2D eigenvalue weighted by molar-refractivity contribution is 0.0950.